The molecule has 0 atom stereocenters. The van der Waals surface area contributed by atoms with Gasteiger partial charge in [-0.25, -0.2) is 9.50 Å². The van der Waals surface area contributed by atoms with Crippen LogP contribution in [0, 0.1) is 0 Å². The number of nitrogens with zero attached hydrogens (tertiary/aromatic N) is 3. The third kappa shape index (κ3) is 3.69. The van der Waals surface area contributed by atoms with E-state index in [-0.39, 0.29) is 19.1 Å². The van der Waals surface area contributed by atoms with Crippen molar-refractivity contribution in [2.24, 2.45) is 0 Å². The van der Waals surface area contributed by atoms with Gasteiger partial charge in [-0.15, -0.1) is 5.10 Å². The summed E-state index contributed by atoms with van der Waals surface area (Å²) in [4.78, 5) is 17.1. The molecule has 1 amide bonds. The molecular weight excluding hydrogens is 366 g/mol. The lowest BCUT2D eigenvalue weighted by Crippen LogP contribution is -2.26. The van der Waals surface area contributed by atoms with E-state index < -0.39 is 0 Å². The van der Waals surface area contributed by atoms with E-state index in [0.717, 1.165) is 27.1 Å². The van der Waals surface area contributed by atoms with Crippen LogP contribution in [0.1, 0.15) is 16.1 Å². The molecule has 0 spiro atoms. The maximum atomic E-state index is 11.9. The molecule has 0 aliphatic carbocycles. The van der Waals surface area contributed by atoms with Gasteiger partial charge in [0.15, 0.2) is 0 Å². The summed E-state index contributed by atoms with van der Waals surface area (Å²) in [5.74, 6) is 0.616. The molecule has 0 unspecified atom stereocenters. The zero-order valence-corrected chi connectivity index (χ0v) is 15.1. The van der Waals surface area contributed by atoms with Crippen molar-refractivity contribution in [3.63, 3.8) is 0 Å². The van der Waals surface area contributed by atoms with Crippen LogP contribution in [0.25, 0.3) is 16.2 Å². The maximum Gasteiger partial charge on any atom is 0.251 e. The number of hydrogen-bond donors (Lipinski definition) is 3. The van der Waals surface area contributed by atoms with Crippen LogP contribution in [-0.2, 0) is 6.54 Å². The van der Waals surface area contributed by atoms with Gasteiger partial charge in [0.2, 0.25) is 10.1 Å². The van der Waals surface area contributed by atoms with Crippen molar-refractivity contribution in [1.82, 2.24) is 19.9 Å². The first-order chi connectivity index (χ1) is 13.2. The first-order valence-corrected chi connectivity index (χ1v) is 9.16. The molecule has 4 rings (SSSR count). The largest absolute Gasteiger partial charge is 0.467 e. The Bertz CT molecular complexity index is 1040. The zero-order valence-electron chi connectivity index (χ0n) is 14.3. The Morgan fingerprint density at radius 3 is 2.85 bits per heavy atom. The van der Waals surface area contributed by atoms with Gasteiger partial charge in [0, 0.05) is 17.7 Å². The maximum absolute atomic E-state index is 11.9. The third-order valence-corrected chi connectivity index (χ3v) is 4.80. The van der Waals surface area contributed by atoms with Gasteiger partial charge < -0.3 is 20.2 Å². The predicted octanol–water partition coefficient (Wildman–Crippen LogP) is 2.39. The highest BCUT2D eigenvalue weighted by atomic mass is 32.1. The van der Waals surface area contributed by atoms with E-state index in [2.05, 4.69) is 20.7 Å². The number of aromatic nitrogens is 3. The second-order valence-corrected chi connectivity index (χ2v) is 6.69. The molecule has 138 valence electrons. The van der Waals surface area contributed by atoms with E-state index in [1.807, 2.05) is 24.3 Å². The zero-order chi connectivity index (χ0) is 18.6. The molecule has 3 heterocycles. The van der Waals surface area contributed by atoms with Crippen LogP contribution in [0.2, 0.25) is 0 Å². The van der Waals surface area contributed by atoms with Gasteiger partial charge in [0.1, 0.15) is 5.76 Å². The predicted molar refractivity (Wildman–Crippen MR) is 102 cm³/mol. The molecule has 0 saturated carbocycles. The van der Waals surface area contributed by atoms with E-state index >= 15 is 0 Å². The lowest BCUT2D eigenvalue weighted by molar-refractivity contribution is 0.0945. The Morgan fingerprint density at radius 1 is 1.26 bits per heavy atom. The van der Waals surface area contributed by atoms with Crippen molar-refractivity contribution < 1.29 is 14.3 Å². The van der Waals surface area contributed by atoms with E-state index in [0.29, 0.717) is 12.1 Å². The highest BCUT2D eigenvalue weighted by molar-refractivity contribution is 7.20. The minimum Gasteiger partial charge on any atom is -0.467 e. The van der Waals surface area contributed by atoms with Crippen molar-refractivity contribution in [1.29, 1.82) is 0 Å². The monoisotopic (exact) mass is 383 g/mol. The number of anilines is 1. The van der Waals surface area contributed by atoms with Crippen molar-refractivity contribution in [2.45, 2.75) is 6.54 Å². The summed E-state index contributed by atoms with van der Waals surface area (Å²) in [6.07, 6.45) is 3.40. The van der Waals surface area contributed by atoms with Crippen LogP contribution in [-0.4, -0.2) is 38.8 Å². The molecule has 0 saturated heterocycles. The molecule has 0 radical (unpaired) electrons. The fraction of sp³-hybridized carbons (Fsp3) is 0.167. The van der Waals surface area contributed by atoms with E-state index in [4.69, 9.17) is 9.52 Å². The minimum absolute atomic E-state index is 0.0856. The molecule has 0 aliphatic heterocycles. The summed E-state index contributed by atoms with van der Waals surface area (Å²) in [6, 6.07) is 10.9. The molecule has 4 aromatic rings. The molecule has 27 heavy (non-hydrogen) atoms. The molecule has 8 nitrogen and oxygen atoms in total. The number of aliphatic hydroxyl groups is 1. The Kier molecular flexibility index (Phi) is 4.86. The second kappa shape index (κ2) is 7.60. The van der Waals surface area contributed by atoms with E-state index in [9.17, 15) is 4.79 Å². The Balaban J connectivity index is 1.52. The van der Waals surface area contributed by atoms with Gasteiger partial charge in [-0.2, -0.15) is 0 Å². The molecule has 3 aromatic heterocycles. The number of benzene rings is 1. The van der Waals surface area contributed by atoms with Gasteiger partial charge in [-0.3, -0.25) is 4.79 Å². The number of imidazole rings is 1. The van der Waals surface area contributed by atoms with Gasteiger partial charge in [-0.05, 0) is 24.3 Å². The molecular formula is C18H17N5O3S. The van der Waals surface area contributed by atoms with E-state index in [1.54, 1.807) is 29.1 Å². The number of aliphatic hydroxyl groups excluding tert-OH is 1. The van der Waals surface area contributed by atoms with Crippen LogP contribution in [0.4, 0.5) is 5.13 Å². The average Bonchev–Trinajstić information content (AvgIpc) is 3.41. The SMILES string of the molecule is O=C(NCCO)c1ccc(-c2cnc3sc(NCc4ccco4)nn23)cc1. The van der Waals surface area contributed by atoms with Gasteiger partial charge in [0.05, 0.1) is 31.3 Å². The van der Waals surface area contributed by atoms with Gasteiger partial charge >= 0.3 is 0 Å². The first kappa shape index (κ1) is 17.3. The number of hydrogen-bond acceptors (Lipinski definition) is 7. The summed E-state index contributed by atoms with van der Waals surface area (Å²) in [5.41, 5.74) is 2.28. The summed E-state index contributed by atoms with van der Waals surface area (Å²) in [6.45, 7) is 0.699. The Morgan fingerprint density at radius 2 is 2.11 bits per heavy atom. The second-order valence-electron chi connectivity index (χ2n) is 5.73. The molecule has 3 N–H and O–H groups in total. The van der Waals surface area contributed by atoms with Crippen molar-refractivity contribution >= 4 is 27.3 Å². The minimum atomic E-state index is -0.216. The number of fused-ring (bicyclic) bond motifs is 1. The molecule has 0 bridgehead atoms. The fourth-order valence-electron chi connectivity index (χ4n) is 2.60. The summed E-state index contributed by atoms with van der Waals surface area (Å²) < 4.78 is 7.08. The molecule has 0 aliphatic rings. The van der Waals surface area contributed by atoms with Crippen molar-refractivity contribution in [2.75, 3.05) is 18.5 Å². The standard InChI is InChI=1S/C18H17N5O3S/c24-8-7-19-16(25)13-5-3-12(4-6-13)15-11-21-18-23(15)22-17(27-18)20-10-14-2-1-9-26-14/h1-6,9,11,24H,7-8,10H2,(H,19,25)(H,20,22). The fourth-order valence-corrected chi connectivity index (χ4v) is 3.37. The molecule has 9 heteroatoms. The first-order valence-electron chi connectivity index (χ1n) is 8.35. The third-order valence-electron chi connectivity index (χ3n) is 3.92. The summed E-state index contributed by atoms with van der Waals surface area (Å²) in [5, 5.41) is 19.9. The normalized spacial score (nSPS) is 11.0. The van der Waals surface area contributed by atoms with Crippen LogP contribution < -0.4 is 10.6 Å². The van der Waals surface area contributed by atoms with Crippen LogP contribution >= 0.6 is 11.3 Å². The van der Waals surface area contributed by atoms with Crippen molar-refractivity contribution in [3.8, 4) is 11.3 Å². The topological polar surface area (TPSA) is 105 Å². The number of nitrogens with one attached hydrogen (secondary N) is 2. The van der Waals surface area contributed by atoms with Gasteiger partial charge in [-0.1, -0.05) is 23.5 Å². The Hall–Kier alpha value is -3.17. The average molecular weight is 383 g/mol. The number of carbonyl (C=O) groups excluding carboxylic acids is 1. The highest BCUT2D eigenvalue weighted by Crippen LogP contribution is 2.26. The smallest absolute Gasteiger partial charge is 0.251 e. The Labute approximate surface area is 158 Å². The van der Waals surface area contributed by atoms with Gasteiger partial charge in [0.25, 0.3) is 5.91 Å². The number of amides is 1. The number of furan rings is 1. The van der Waals surface area contributed by atoms with Crippen LogP contribution in [0.3, 0.4) is 0 Å². The summed E-state index contributed by atoms with van der Waals surface area (Å²) >= 11 is 1.45. The number of rotatable bonds is 7. The molecule has 0 fully saturated rings. The van der Waals surface area contributed by atoms with Crippen LogP contribution in [0.5, 0.6) is 0 Å². The lowest BCUT2D eigenvalue weighted by Gasteiger charge is -2.04. The lowest BCUT2D eigenvalue weighted by atomic mass is 10.1. The van der Waals surface area contributed by atoms with Crippen molar-refractivity contribution in [3.05, 3.63) is 60.2 Å². The number of carbonyl (C=O) groups is 1. The molecule has 1 aromatic carbocycles. The quantitative estimate of drug-likeness (QED) is 0.453. The summed E-state index contributed by atoms with van der Waals surface area (Å²) in [7, 11) is 0. The van der Waals surface area contributed by atoms with Crippen LogP contribution in [0.15, 0.2) is 53.3 Å². The van der Waals surface area contributed by atoms with E-state index in [1.165, 1.54) is 11.3 Å². The highest BCUT2D eigenvalue weighted by Gasteiger charge is 2.13.